The largest absolute Gasteiger partial charge is 0.343 e. The molecule has 4 rings (SSSR count). The number of rotatable bonds is 5. The van der Waals surface area contributed by atoms with E-state index in [1.54, 1.807) is 30.5 Å². The van der Waals surface area contributed by atoms with Crippen molar-refractivity contribution in [3.8, 4) is 11.1 Å². The minimum absolute atomic E-state index is 0.0744. The van der Waals surface area contributed by atoms with Crippen LogP contribution in [0.2, 0.25) is 0 Å². The van der Waals surface area contributed by atoms with E-state index in [1.807, 2.05) is 6.07 Å². The van der Waals surface area contributed by atoms with Gasteiger partial charge in [0.2, 0.25) is 10.0 Å². The van der Waals surface area contributed by atoms with E-state index in [9.17, 15) is 17.5 Å². The molecule has 0 saturated carbocycles. The van der Waals surface area contributed by atoms with Crippen LogP contribution in [0, 0.1) is 0 Å². The van der Waals surface area contributed by atoms with Crippen LogP contribution < -0.4 is 4.72 Å². The van der Waals surface area contributed by atoms with Gasteiger partial charge in [0.25, 0.3) is 0 Å². The molecule has 1 aliphatic rings. The van der Waals surface area contributed by atoms with Crippen molar-refractivity contribution in [2.24, 2.45) is 0 Å². The molecule has 29 heavy (non-hydrogen) atoms. The summed E-state index contributed by atoms with van der Waals surface area (Å²) in [7, 11) is -6.37. The predicted molar refractivity (Wildman–Crippen MR) is 117 cm³/mol. The van der Waals surface area contributed by atoms with Crippen LogP contribution >= 0.6 is 10.6 Å². The van der Waals surface area contributed by atoms with Gasteiger partial charge in [0, 0.05) is 29.1 Å². The van der Waals surface area contributed by atoms with Crippen molar-refractivity contribution < 1.29 is 17.5 Å². The topological polar surface area (TPSA) is 115 Å². The minimum Gasteiger partial charge on any atom is -0.343 e. The average Bonchev–Trinajstić information content (AvgIpc) is 3.24. The highest BCUT2D eigenvalue weighted by Crippen LogP contribution is 2.45. The third kappa shape index (κ3) is 4.19. The molecule has 1 aromatic carbocycles. The van der Waals surface area contributed by atoms with E-state index >= 15 is 0 Å². The summed E-state index contributed by atoms with van der Waals surface area (Å²) in [6.45, 7) is 4.22. The molecule has 1 unspecified atom stereocenters. The summed E-state index contributed by atoms with van der Waals surface area (Å²) in [5, 5.41) is 1.00. The molecule has 3 heterocycles. The van der Waals surface area contributed by atoms with E-state index in [2.05, 4.69) is 34.6 Å². The molecule has 0 radical (unpaired) electrons. The fourth-order valence-corrected chi connectivity index (χ4v) is 6.72. The summed E-state index contributed by atoms with van der Waals surface area (Å²) in [6, 6.07) is 10.3. The van der Waals surface area contributed by atoms with Gasteiger partial charge in [0.15, 0.2) is 0 Å². The Morgan fingerprint density at radius 1 is 1.21 bits per heavy atom. The number of pyridine rings is 1. The van der Waals surface area contributed by atoms with E-state index in [4.69, 9.17) is 0 Å². The maximum absolute atomic E-state index is 12.7. The Morgan fingerprint density at radius 3 is 2.55 bits per heavy atom. The SMILES string of the molecule is CC(C)c1cc2c(-c3ccc(S(=O)(=O)NC4CCS(O)(O)C4)cc3)ccnc2[nH]1. The number of benzene rings is 1. The third-order valence-electron chi connectivity index (χ3n) is 5.23. The zero-order valence-electron chi connectivity index (χ0n) is 16.3. The summed E-state index contributed by atoms with van der Waals surface area (Å²) < 4.78 is 47.3. The number of nitrogens with zero attached hydrogens (tertiary/aromatic N) is 1. The van der Waals surface area contributed by atoms with Crippen LogP contribution in [-0.4, -0.2) is 45.0 Å². The molecule has 7 nitrogen and oxygen atoms in total. The number of aromatic amines is 1. The number of hydrogen-bond acceptors (Lipinski definition) is 5. The van der Waals surface area contributed by atoms with Gasteiger partial charge in [0.05, 0.1) is 10.6 Å². The molecule has 1 atom stereocenters. The lowest BCUT2D eigenvalue weighted by Crippen LogP contribution is -2.35. The first kappa shape index (κ1) is 20.4. The quantitative estimate of drug-likeness (QED) is 0.480. The second-order valence-electron chi connectivity index (χ2n) is 7.80. The van der Waals surface area contributed by atoms with Gasteiger partial charge in [-0.2, -0.15) is 10.6 Å². The van der Waals surface area contributed by atoms with Gasteiger partial charge >= 0.3 is 0 Å². The molecule has 156 valence electrons. The van der Waals surface area contributed by atoms with Gasteiger partial charge in [-0.1, -0.05) is 26.0 Å². The van der Waals surface area contributed by atoms with Crippen molar-refractivity contribution in [2.45, 2.75) is 37.1 Å². The lowest BCUT2D eigenvalue weighted by Gasteiger charge is -2.26. The Labute approximate surface area is 172 Å². The molecule has 1 aliphatic heterocycles. The maximum atomic E-state index is 12.7. The molecule has 9 heteroatoms. The average molecular weight is 436 g/mol. The van der Waals surface area contributed by atoms with Crippen molar-refractivity contribution in [3.63, 3.8) is 0 Å². The van der Waals surface area contributed by atoms with E-state index in [1.165, 1.54) is 0 Å². The summed E-state index contributed by atoms with van der Waals surface area (Å²) in [4.78, 5) is 7.89. The smallest absolute Gasteiger partial charge is 0.240 e. The Kier molecular flexibility index (Phi) is 5.20. The van der Waals surface area contributed by atoms with Crippen LogP contribution in [0.3, 0.4) is 0 Å². The Bertz CT molecular complexity index is 1140. The fraction of sp³-hybridized carbons (Fsp3) is 0.350. The van der Waals surface area contributed by atoms with E-state index in [0.29, 0.717) is 12.3 Å². The molecule has 0 spiro atoms. The van der Waals surface area contributed by atoms with Crippen LogP contribution in [0.25, 0.3) is 22.2 Å². The third-order valence-corrected chi connectivity index (χ3v) is 8.60. The van der Waals surface area contributed by atoms with Gasteiger partial charge in [0.1, 0.15) is 5.65 Å². The molecule has 0 aliphatic carbocycles. The van der Waals surface area contributed by atoms with Crippen molar-refractivity contribution in [1.29, 1.82) is 0 Å². The molecule has 1 saturated heterocycles. The summed E-state index contributed by atoms with van der Waals surface area (Å²) in [5.41, 5.74) is 3.80. The van der Waals surface area contributed by atoms with Crippen LogP contribution in [0.4, 0.5) is 0 Å². The van der Waals surface area contributed by atoms with Gasteiger partial charge in [-0.25, -0.2) is 18.1 Å². The number of aromatic nitrogens is 2. The van der Waals surface area contributed by atoms with E-state index in [-0.39, 0.29) is 16.4 Å². The molecule has 0 bridgehead atoms. The summed E-state index contributed by atoms with van der Waals surface area (Å²) in [5.74, 6) is 0.668. The van der Waals surface area contributed by atoms with Crippen LogP contribution in [0.15, 0.2) is 47.5 Å². The Hall–Kier alpha value is -1.91. The van der Waals surface area contributed by atoms with Gasteiger partial charge < -0.3 is 4.98 Å². The van der Waals surface area contributed by atoms with Crippen molar-refractivity contribution >= 4 is 31.6 Å². The molecular weight excluding hydrogens is 410 g/mol. The first-order valence-electron chi connectivity index (χ1n) is 9.49. The monoisotopic (exact) mass is 435 g/mol. The highest BCUT2D eigenvalue weighted by molar-refractivity contribution is 8.24. The standard InChI is InChI=1S/C20H25N3O4S2/c1-13(2)19-11-18-17(7-9-21-20(18)22-19)14-3-5-16(6-4-14)29(26,27)23-15-8-10-28(24,25)12-15/h3-7,9,11,13,15,23-25H,8,10,12H2,1-2H3,(H,21,22). The first-order valence-corrected chi connectivity index (χ1v) is 12.9. The lowest BCUT2D eigenvalue weighted by atomic mass is 10.0. The Balaban J connectivity index is 1.60. The van der Waals surface area contributed by atoms with Gasteiger partial charge in [-0.05, 0) is 47.7 Å². The number of hydrogen-bond donors (Lipinski definition) is 4. The van der Waals surface area contributed by atoms with E-state index in [0.717, 1.165) is 27.9 Å². The highest BCUT2D eigenvalue weighted by atomic mass is 32.3. The van der Waals surface area contributed by atoms with Crippen molar-refractivity contribution in [1.82, 2.24) is 14.7 Å². The molecule has 2 aromatic heterocycles. The summed E-state index contributed by atoms with van der Waals surface area (Å²) >= 11 is 0. The highest BCUT2D eigenvalue weighted by Gasteiger charge is 2.31. The van der Waals surface area contributed by atoms with E-state index < -0.39 is 26.7 Å². The molecule has 4 N–H and O–H groups in total. The number of nitrogens with one attached hydrogen (secondary N) is 2. The van der Waals surface area contributed by atoms with Crippen LogP contribution in [0.1, 0.15) is 31.9 Å². The molecule has 3 aromatic rings. The molecule has 0 amide bonds. The van der Waals surface area contributed by atoms with Crippen molar-refractivity contribution in [2.75, 3.05) is 11.5 Å². The number of sulfonamides is 1. The summed E-state index contributed by atoms with van der Waals surface area (Å²) in [6.07, 6.45) is 2.17. The van der Waals surface area contributed by atoms with Gasteiger partial charge in [-0.15, -0.1) is 0 Å². The molecule has 1 fully saturated rings. The maximum Gasteiger partial charge on any atom is 0.240 e. The number of H-pyrrole nitrogens is 1. The number of fused-ring (bicyclic) bond motifs is 1. The first-order chi connectivity index (χ1) is 13.6. The zero-order chi connectivity index (χ0) is 20.8. The normalized spacial score (nSPS) is 20.4. The van der Waals surface area contributed by atoms with Crippen LogP contribution in [-0.2, 0) is 10.0 Å². The Morgan fingerprint density at radius 2 is 1.93 bits per heavy atom. The molecular formula is C20H25N3O4S2. The van der Waals surface area contributed by atoms with Crippen molar-refractivity contribution in [3.05, 3.63) is 48.3 Å². The zero-order valence-corrected chi connectivity index (χ0v) is 17.9. The fourth-order valence-electron chi connectivity index (χ4n) is 3.62. The minimum atomic E-state index is -3.72. The second kappa shape index (κ2) is 7.41. The van der Waals surface area contributed by atoms with Crippen LogP contribution in [0.5, 0.6) is 0 Å². The lowest BCUT2D eigenvalue weighted by molar-refractivity contribution is 0.494. The van der Waals surface area contributed by atoms with Gasteiger partial charge in [-0.3, -0.25) is 9.11 Å². The second-order valence-corrected chi connectivity index (χ2v) is 11.9. The predicted octanol–water partition coefficient (Wildman–Crippen LogP) is 4.15.